The van der Waals surface area contributed by atoms with Crippen LogP contribution in [0.1, 0.15) is 39.0 Å². The van der Waals surface area contributed by atoms with Crippen molar-refractivity contribution in [3.63, 3.8) is 0 Å². The van der Waals surface area contributed by atoms with E-state index in [1.165, 1.54) is 25.7 Å². The molecule has 0 aromatic heterocycles. The molecule has 1 aliphatic carbocycles. The summed E-state index contributed by atoms with van der Waals surface area (Å²) < 4.78 is 0. The summed E-state index contributed by atoms with van der Waals surface area (Å²) in [5.41, 5.74) is 0. The monoisotopic (exact) mass is 222 g/mol. The Hall–Kier alpha value is -0.570. The van der Waals surface area contributed by atoms with Crippen LogP contribution in [-0.2, 0) is 4.79 Å². The molecule has 0 radical (unpaired) electrons. The second-order valence-electron chi connectivity index (χ2n) is 5.92. The fraction of sp³-hybridized carbons (Fsp3) is 0.923. The second-order valence-corrected chi connectivity index (χ2v) is 5.92. The standard InChI is InChI=1S/C13H22N2O/c1-8(9-3-4-9)15(2)13(16)11-7-10-5-6-12(11)14-10/h8-12,14H,3-7H2,1-2H3. The van der Waals surface area contributed by atoms with Crippen molar-refractivity contribution in [3.8, 4) is 0 Å². The maximum Gasteiger partial charge on any atom is 0.227 e. The molecular formula is C13H22N2O. The van der Waals surface area contributed by atoms with Gasteiger partial charge in [0.15, 0.2) is 0 Å². The molecule has 1 N–H and O–H groups in total. The minimum absolute atomic E-state index is 0.268. The fourth-order valence-electron chi connectivity index (χ4n) is 3.45. The van der Waals surface area contributed by atoms with Gasteiger partial charge in [-0.25, -0.2) is 0 Å². The van der Waals surface area contributed by atoms with Crippen LogP contribution in [0.5, 0.6) is 0 Å². The molecule has 1 amide bonds. The molecule has 2 saturated heterocycles. The molecule has 3 fully saturated rings. The van der Waals surface area contributed by atoms with Crippen molar-refractivity contribution < 1.29 is 4.79 Å². The van der Waals surface area contributed by atoms with E-state index in [1.807, 2.05) is 11.9 Å². The highest BCUT2D eigenvalue weighted by Crippen LogP contribution is 2.38. The first-order chi connectivity index (χ1) is 7.66. The van der Waals surface area contributed by atoms with Crippen LogP contribution >= 0.6 is 0 Å². The summed E-state index contributed by atoms with van der Waals surface area (Å²) in [5.74, 6) is 1.43. The minimum atomic E-state index is 0.268. The number of fused-ring (bicyclic) bond motifs is 2. The Labute approximate surface area is 97.6 Å². The van der Waals surface area contributed by atoms with Crippen LogP contribution in [0, 0.1) is 11.8 Å². The van der Waals surface area contributed by atoms with E-state index in [1.54, 1.807) is 0 Å². The quantitative estimate of drug-likeness (QED) is 0.782. The summed E-state index contributed by atoms with van der Waals surface area (Å²) in [4.78, 5) is 14.4. The number of hydrogen-bond acceptors (Lipinski definition) is 2. The molecule has 1 saturated carbocycles. The van der Waals surface area contributed by atoms with Crippen molar-refractivity contribution in [1.29, 1.82) is 0 Å². The van der Waals surface area contributed by atoms with Gasteiger partial charge >= 0.3 is 0 Å². The highest BCUT2D eigenvalue weighted by Gasteiger charge is 2.45. The molecular weight excluding hydrogens is 200 g/mol. The van der Waals surface area contributed by atoms with Crippen LogP contribution in [0.25, 0.3) is 0 Å². The highest BCUT2D eigenvalue weighted by atomic mass is 16.2. The van der Waals surface area contributed by atoms with Gasteiger partial charge in [0.25, 0.3) is 0 Å². The SMILES string of the molecule is CC(C1CC1)N(C)C(=O)C1CC2CCC1N2. The number of hydrogen-bond donors (Lipinski definition) is 1. The van der Waals surface area contributed by atoms with Gasteiger partial charge < -0.3 is 10.2 Å². The molecule has 3 heteroatoms. The molecule has 16 heavy (non-hydrogen) atoms. The minimum Gasteiger partial charge on any atom is -0.342 e. The Kier molecular flexibility index (Phi) is 2.46. The second kappa shape index (κ2) is 3.73. The van der Waals surface area contributed by atoms with Gasteiger partial charge in [-0.2, -0.15) is 0 Å². The first-order valence-electron chi connectivity index (χ1n) is 6.69. The average Bonchev–Trinajstić information content (AvgIpc) is 2.94. The number of carbonyl (C=O) groups excluding carboxylic acids is 1. The third-order valence-corrected chi connectivity index (χ3v) is 4.88. The molecule has 2 bridgehead atoms. The molecule has 0 aromatic rings. The number of amides is 1. The lowest BCUT2D eigenvalue weighted by molar-refractivity contribution is -0.137. The van der Waals surface area contributed by atoms with Crippen LogP contribution < -0.4 is 5.32 Å². The van der Waals surface area contributed by atoms with Gasteiger partial charge in [0, 0.05) is 25.2 Å². The molecule has 3 aliphatic rings. The van der Waals surface area contributed by atoms with E-state index >= 15 is 0 Å². The predicted molar refractivity (Wildman–Crippen MR) is 63.0 cm³/mol. The molecule has 4 atom stereocenters. The van der Waals surface area contributed by atoms with Crippen LogP contribution in [0.4, 0.5) is 0 Å². The number of carbonyl (C=O) groups is 1. The van der Waals surface area contributed by atoms with E-state index in [0.717, 1.165) is 12.3 Å². The van der Waals surface area contributed by atoms with Gasteiger partial charge in [-0.05, 0) is 44.9 Å². The summed E-state index contributed by atoms with van der Waals surface area (Å²) in [6.07, 6.45) is 6.18. The predicted octanol–water partition coefficient (Wildman–Crippen LogP) is 1.38. The number of nitrogens with zero attached hydrogens (tertiary/aromatic N) is 1. The summed E-state index contributed by atoms with van der Waals surface area (Å²) in [5, 5.41) is 3.55. The average molecular weight is 222 g/mol. The van der Waals surface area contributed by atoms with E-state index in [4.69, 9.17) is 0 Å². The highest BCUT2D eigenvalue weighted by molar-refractivity contribution is 5.80. The van der Waals surface area contributed by atoms with Crippen LogP contribution in [-0.4, -0.2) is 36.0 Å². The van der Waals surface area contributed by atoms with Crippen molar-refractivity contribution in [2.45, 2.75) is 57.2 Å². The lowest BCUT2D eigenvalue weighted by Crippen LogP contribution is -2.43. The van der Waals surface area contributed by atoms with E-state index < -0.39 is 0 Å². The van der Waals surface area contributed by atoms with E-state index in [-0.39, 0.29) is 5.92 Å². The third-order valence-electron chi connectivity index (χ3n) is 4.88. The number of rotatable bonds is 3. The van der Waals surface area contributed by atoms with E-state index in [9.17, 15) is 4.79 Å². The number of nitrogens with one attached hydrogen (secondary N) is 1. The van der Waals surface area contributed by atoms with E-state index in [0.29, 0.717) is 24.0 Å². The normalized spacial score (nSPS) is 38.8. The Morgan fingerprint density at radius 2 is 2.06 bits per heavy atom. The molecule has 4 unspecified atom stereocenters. The maximum absolute atomic E-state index is 12.4. The van der Waals surface area contributed by atoms with Crippen molar-refractivity contribution in [2.75, 3.05) is 7.05 Å². The topological polar surface area (TPSA) is 32.3 Å². The van der Waals surface area contributed by atoms with Gasteiger partial charge in [0.1, 0.15) is 0 Å². The summed E-state index contributed by atoms with van der Waals surface area (Å²) in [7, 11) is 2.00. The largest absolute Gasteiger partial charge is 0.342 e. The molecule has 90 valence electrons. The van der Waals surface area contributed by atoms with Crippen LogP contribution in [0.2, 0.25) is 0 Å². The van der Waals surface area contributed by atoms with Gasteiger partial charge in [0.05, 0.1) is 5.92 Å². The van der Waals surface area contributed by atoms with Crippen molar-refractivity contribution in [2.24, 2.45) is 11.8 Å². The van der Waals surface area contributed by atoms with Crippen molar-refractivity contribution >= 4 is 5.91 Å². The lowest BCUT2D eigenvalue weighted by atomic mass is 9.88. The maximum atomic E-state index is 12.4. The Bertz CT molecular complexity index is 300. The molecule has 2 heterocycles. The fourth-order valence-corrected chi connectivity index (χ4v) is 3.45. The zero-order valence-electron chi connectivity index (χ0n) is 10.3. The van der Waals surface area contributed by atoms with Gasteiger partial charge in [-0.3, -0.25) is 4.79 Å². The summed E-state index contributed by atoms with van der Waals surface area (Å²) in [6, 6.07) is 1.56. The van der Waals surface area contributed by atoms with E-state index in [2.05, 4.69) is 12.2 Å². The Balaban J connectivity index is 1.63. The smallest absolute Gasteiger partial charge is 0.227 e. The van der Waals surface area contributed by atoms with Gasteiger partial charge in [-0.15, -0.1) is 0 Å². The first kappa shape index (κ1) is 10.6. The third kappa shape index (κ3) is 1.65. The molecule has 3 nitrogen and oxygen atoms in total. The Morgan fingerprint density at radius 3 is 2.56 bits per heavy atom. The summed E-state index contributed by atoms with van der Waals surface area (Å²) >= 11 is 0. The Morgan fingerprint density at radius 1 is 1.31 bits per heavy atom. The zero-order chi connectivity index (χ0) is 11.3. The lowest BCUT2D eigenvalue weighted by Gasteiger charge is -2.30. The molecule has 0 aromatic carbocycles. The van der Waals surface area contributed by atoms with Crippen LogP contribution in [0.15, 0.2) is 0 Å². The van der Waals surface area contributed by atoms with Gasteiger partial charge in [-0.1, -0.05) is 0 Å². The first-order valence-corrected chi connectivity index (χ1v) is 6.69. The molecule has 0 spiro atoms. The molecule has 3 rings (SSSR count). The van der Waals surface area contributed by atoms with Crippen molar-refractivity contribution in [3.05, 3.63) is 0 Å². The van der Waals surface area contributed by atoms with Gasteiger partial charge in [0.2, 0.25) is 5.91 Å². The summed E-state index contributed by atoms with van der Waals surface area (Å²) in [6.45, 7) is 2.20. The van der Waals surface area contributed by atoms with Crippen molar-refractivity contribution in [1.82, 2.24) is 10.2 Å². The van der Waals surface area contributed by atoms with Crippen LogP contribution in [0.3, 0.4) is 0 Å². The zero-order valence-corrected chi connectivity index (χ0v) is 10.3. The molecule has 2 aliphatic heterocycles.